The Kier molecular flexibility index (Phi) is 3.79. The molecule has 25 heavy (non-hydrogen) atoms. The van der Waals surface area contributed by atoms with Crippen molar-refractivity contribution >= 4 is 39.2 Å². The minimum atomic E-state index is -0.477. The van der Waals surface area contributed by atoms with Crippen molar-refractivity contribution in [1.29, 1.82) is 0 Å². The molecule has 2 aliphatic rings. The van der Waals surface area contributed by atoms with Crippen LogP contribution in [-0.4, -0.2) is 29.7 Å². The van der Waals surface area contributed by atoms with Gasteiger partial charge in [0.25, 0.3) is 0 Å². The molecule has 8 heteroatoms. The summed E-state index contributed by atoms with van der Waals surface area (Å²) in [6, 6.07) is 4.04. The lowest BCUT2D eigenvalue weighted by Gasteiger charge is -2.45. The van der Waals surface area contributed by atoms with Crippen LogP contribution in [-0.2, 0) is 0 Å². The van der Waals surface area contributed by atoms with Crippen molar-refractivity contribution in [2.75, 3.05) is 12.0 Å². The fraction of sp³-hybridized carbons (Fsp3) is 0.471. The summed E-state index contributed by atoms with van der Waals surface area (Å²) in [6.07, 6.45) is 5.17. The van der Waals surface area contributed by atoms with Crippen molar-refractivity contribution in [3.8, 4) is 5.75 Å². The van der Waals surface area contributed by atoms with Crippen LogP contribution in [0.3, 0.4) is 0 Å². The third-order valence-electron chi connectivity index (χ3n) is 4.89. The zero-order valence-electron chi connectivity index (χ0n) is 14.5. The second kappa shape index (κ2) is 5.87. The van der Waals surface area contributed by atoms with Gasteiger partial charge in [0.1, 0.15) is 11.4 Å². The first-order chi connectivity index (χ1) is 12.0. The molecule has 1 aromatic heterocycles. The number of aromatic nitrogens is 1. The van der Waals surface area contributed by atoms with Gasteiger partial charge in [0, 0.05) is 6.07 Å². The summed E-state index contributed by atoms with van der Waals surface area (Å²) in [5.41, 5.74) is 13.6. The van der Waals surface area contributed by atoms with Crippen molar-refractivity contribution < 1.29 is 4.74 Å². The quantitative estimate of drug-likeness (QED) is 0.859. The Hall–Kier alpha value is -2.35. The summed E-state index contributed by atoms with van der Waals surface area (Å²) in [6.45, 7) is 2.00. The average Bonchev–Trinajstić information content (AvgIpc) is 2.93. The Labute approximate surface area is 150 Å². The zero-order chi connectivity index (χ0) is 17.6. The lowest BCUT2D eigenvalue weighted by atomic mass is 9.87. The summed E-state index contributed by atoms with van der Waals surface area (Å²) in [5, 5.41) is 1.02. The fourth-order valence-electron chi connectivity index (χ4n) is 3.87. The first kappa shape index (κ1) is 16.1. The van der Waals surface area contributed by atoms with E-state index in [1.807, 2.05) is 17.9 Å². The van der Waals surface area contributed by atoms with Gasteiger partial charge in [0.2, 0.25) is 11.9 Å². The van der Waals surface area contributed by atoms with Gasteiger partial charge in [-0.25, -0.2) is 9.98 Å². The Balaban J connectivity index is 1.91. The van der Waals surface area contributed by atoms with Crippen LogP contribution >= 0.6 is 11.3 Å². The first-order valence-electron chi connectivity index (χ1n) is 8.47. The van der Waals surface area contributed by atoms with Crippen molar-refractivity contribution in [3.63, 3.8) is 0 Å². The summed E-state index contributed by atoms with van der Waals surface area (Å²) >= 11 is 1.65. The molecule has 0 atom stereocenters. The molecular formula is C17H22N6OS. The number of fused-ring (bicyclic) bond motifs is 1. The number of nitrogens with two attached hydrogens (primary N) is 2. The molecule has 1 aromatic carbocycles. The van der Waals surface area contributed by atoms with E-state index in [9.17, 15) is 0 Å². The summed E-state index contributed by atoms with van der Waals surface area (Å²) < 4.78 is 6.75. The van der Waals surface area contributed by atoms with E-state index >= 15 is 0 Å². The van der Waals surface area contributed by atoms with Gasteiger partial charge in [-0.2, -0.15) is 4.99 Å². The number of methoxy groups -OCH3 is 1. The second-order valence-corrected chi connectivity index (χ2v) is 7.78. The smallest absolute Gasteiger partial charge is 0.220 e. The second-order valence-electron chi connectivity index (χ2n) is 6.54. The molecule has 0 saturated heterocycles. The van der Waals surface area contributed by atoms with Crippen molar-refractivity contribution in [2.45, 2.75) is 44.7 Å². The molecule has 1 fully saturated rings. The average molecular weight is 358 g/mol. The number of aliphatic imine (C=N–C) groups is 2. The van der Waals surface area contributed by atoms with Crippen molar-refractivity contribution in [2.24, 2.45) is 21.5 Å². The lowest BCUT2D eigenvalue weighted by molar-refractivity contribution is 0.303. The lowest BCUT2D eigenvalue weighted by Crippen LogP contribution is -2.58. The van der Waals surface area contributed by atoms with Crippen LogP contribution in [0.5, 0.6) is 5.75 Å². The van der Waals surface area contributed by atoms with Crippen LogP contribution in [0.1, 0.15) is 37.1 Å². The van der Waals surface area contributed by atoms with E-state index in [2.05, 4.69) is 16.0 Å². The molecule has 0 amide bonds. The monoisotopic (exact) mass is 358 g/mol. The van der Waals surface area contributed by atoms with E-state index in [1.54, 1.807) is 18.4 Å². The first-order valence-corrected chi connectivity index (χ1v) is 9.29. The van der Waals surface area contributed by atoms with Gasteiger partial charge in [-0.15, -0.1) is 11.3 Å². The molecule has 4 rings (SSSR count). The molecule has 7 nitrogen and oxygen atoms in total. The number of hydrogen-bond donors (Lipinski definition) is 2. The largest absolute Gasteiger partial charge is 0.494 e. The fourth-order valence-corrected chi connectivity index (χ4v) is 4.71. The van der Waals surface area contributed by atoms with E-state index in [0.29, 0.717) is 5.96 Å². The van der Waals surface area contributed by atoms with Crippen LogP contribution in [0.15, 0.2) is 22.1 Å². The third-order valence-corrected chi connectivity index (χ3v) is 5.82. The van der Waals surface area contributed by atoms with Gasteiger partial charge in [0.15, 0.2) is 0 Å². The van der Waals surface area contributed by atoms with Crippen LogP contribution < -0.4 is 21.1 Å². The highest BCUT2D eigenvalue weighted by molar-refractivity contribution is 7.18. The maximum atomic E-state index is 6.33. The molecule has 2 heterocycles. The Morgan fingerprint density at radius 3 is 2.68 bits per heavy atom. The number of nitrogens with zero attached hydrogens (tertiary/aromatic N) is 4. The van der Waals surface area contributed by atoms with E-state index in [4.69, 9.17) is 21.2 Å². The van der Waals surface area contributed by atoms with Crippen molar-refractivity contribution in [1.82, 2.24) is 4.98 Å². The highest BCUT2D eigenvalue weighted by Gasteiger charge is 2.43. The predicted molar refractivity (Wildman–Crippen MR) is 102 cm³/mol. The van der Waals surface area contributed by atoms with E-state index in [-0.39, 0.29) is 5.96 Å². The summed E-state index contributed by atoms with van der Waals surface area (Å²) in [7, 11) is 1.66. The van der Waals surface area contributed by atoms with Crippen LogP contribution in [0.25, 0.3) is 10.2 Å². The molecular weight excluding hydrogens is 336 g/mol. The van der Waals surface area contributed by atoms with Gasteiger partial charge >= 0.3 is 0 Å². The number of guanidine groups is 2. The normalized spacial score (nSPS) is 19.8. The topological polar surface area (TPSA) is 102 Å². The Bertz CT molecular complexity index is 881. The molecule has 2 aromatic rings. The van der Waals surface area contributed by atoms with Gasteiger partial charge in [-0.05, 0) is 38.7 Å². The van der Waals surface area contributed by atoms with Crippen LogP contribution in [0.2, 0.25) is 0 Å². The molecule has 1 aliphatic carbocycles. The summed E-state index contributed by atoms with van der Waals surface area (Å²) in [5.74, 6) is 1.34. The Morgan fingerprint density at radius 1 is 1.20 bits per heavy atom. The molecule has 1 aliphatic heterocycles. The molecule has 1 saturated carbocycles. The highest BCUT2D eigenvalue weighted by Crippen LogP contribution is 2.44. The highest BCUT2D eigenvalue weighted by atomic mass is 32.1. The molecule has 0 unspecified atom stereocenters. The summed E-state index contributed by atoms with van der Waals surface area (Å²) in [4.78, 5) is 15.5. The molecule has 1 spiro atoms. The minimum absolute atomic E-state index is 0.254. The predicted octanol–water partition coefficient (Wildman–Crippen LogP) is 2.72. The SMILES string of the molecule is COc1cc2nc(C)sc2cc1N1C(N)=NC(N)=NC12CCCCC2. The number of thiazole rings is 1. The molecule has 4 N–H and O–H groups in total. The Morgan fingerprint density at radius 2 is 1.96 bits per heavy atom. The van der Waals surface area contributed by atoms with Gasteiger partial charge in [0.05, 0.1) is 28.0 Å². The van der Waals surface area contributed by atoms with E-state index < -0.39 is 5.66 Å². The van der Waals surface area contributed by atoms with Gasteiger partial charge in [-0.3, -0.25) is 4.90 Å². The standard InChI is InChI=1S/C17H22N6OS/c1-10-20-11-8-13(24-2)12(9-14(11)25-10)23-16(19)21-15(18)22-17(23)6-4-3-5-7-17/h8-9H,3-7H2,1-2H3,(H4,18,19,21,22). The number of anilines is 1. The molecule has 132 valence electrons. The van der Waals surface area contributed by atoms with E-state index in [1.165, 1.54) is 6.42 Å². The van der Waals surface area contributed by atoms with Gasteiger partial charge in [-0.1, -0.05) is 6.42 Å². The molecule has 0 radical (unpaired) electrons. The number of ether oxygens (including phenoxy) is 1. The number of aryl methyl sites for hydroxylation is 1. The molecule has 0 bridgehead atoms. The number of benzene rings is 1. The van der Waals surface area contributed by atoms with Gasteiger partial charge < -0.3 is 16.2 Å². The maximum absolute atomic E-state index is 6.33. The third kappa shape index (κ3) is 2.60. The minimum Gasteiger partial charge on any atom is -0.494 e. The maximum Gasteiger partial charge on any atom is 0.220 e. The number of rotatable bonds is 2. The van der Waals surface area contributed by atoms with Crippen LogP contribution in [0.4, 0.5) is 5.69 Å². The van der Waals surface area contributed by atoms with Crippen molar-refractivity contribution in [3.05, 3.63) is 17.1 Å². The zero-order valence-corrected chi connectivity index (χ0v) is 15.3. The van der Waals surface area contributed by atoms with Crippen LogP contribution in [0, 0.1) is 6.92 Å². The number of hydrogen-bond acceptors (Lipinski definition) is 8. The van der Waals surface area contributed by atoms with E-state index in [0.717, 1.165) is 52.3 Å².